The fourth-order valence-corrected chi connectivity index (χ4v) is 3.44. The number of carbonyl (C=O) groups excluding carboxylic acids is 1. The number of hydrogen-bond donors (Lipinski definition) is 1. The lowest BCUT2D eigenvalue weighted by Gasteiger charge is -2.26. The highest BCUT2D eigenvalue weighted by atomic mass is 35.5. The summed E-state index contributed by atoms with van der Waals surface area (Å²) < 4.78 is 11.3. The van der Waals surface area contributed by atoms with Crippen LogP contribution in [0, 0.1) is 5.92 Å². The van der Waals surface area contributed by atoms with E-state index in [1.165, 1.54) is 0 Å². The SMILES string of the molecule is CC(C)[C@H](NC(=O)CN(C)Cc1ccc(Cl)cc1)c1ccc2c(c1)OCCO2. The van der Waals surface area contributed by atoms with Gasteiger partial charge < -0.3 is 14.8 Å². The van der Waals surface area contributed by atoms with Crippen molar-refractivity contribution in [2.45, 2.75) is 26.4 Å². The monoisotopic (exact) mass is 402 g/mol. The number of benzene rings is 2. The van der Waals surface area contributed by atoms with Gasteiger partial charge in [0.2, 0.25) is 5.91 Å². The molecule has 0 bridgehead atoms. The van der Waals surface area contributed by atoms with Crippen LogP contribution >= 0.6 is 11.6 Å². The minimum atomic E-state index is -0.0905. The Bertz CT molecular complexity index is 808. The zero-order valence-corrected chi connectivity index (χ0v) is 17.3. The average Bonchev–Trinajstić information content (AvgIpc) is 2.67. The van der Waals surface area contributed by atoms with Crippen LogP contribution in [0.2, 0.25) is 5.02 Å². The van der Waals surface area contributed by atoms with Crippen LogP contribution in [-0.2, 0) is 11.3 Å². The van der Waals surface area contributed by atoms with E-state index in [9.17, 15) is 4.79 Å². The maximum absolute atomic E-state index is 12.6. The summed E-state index contributed by atoms with van der Waals surface area (Å²) in [5.41, 5.74) is 2.14. The molecule has 0 saturated heterocycles. The molecule has 5 nitrogen and oxygen atoms in total. The van der Waals surface area contributed by atoms with E-state index in [2.05, 4.69) is 19.2 Å². The van der Waals surface area contributed by atoms with Crippen molar-refractivity contribution in [1.29, 1.82) is 0 Å². The second-order valence-electron chi connectivity index (χ2n) is 7.49. The topological polar surface area (TPSA) is 50.8 Å². The predicted octanol–water partition coefficient (Wildman–Crippen LogP) is 4.06. The van der Waals surface area contributed by atoms with Crippen LogP contribution in [0.4, 0.5) is 0 Å². The highest BCUT2D eigenvalue weighted by Crippen LogP contribution is 2.34. The molecule has 6 heteroatoms. The first-order valence-corrected chi connectivity index (χ1v) is 9.92. The zero-order chi connectivity index (χ0) is 20.1. The molecule has 1 heterocycles. The number of halogens is 1. The molecule has 0 spiro atoms. The Labute approximate surface area is 171 Å². The fraction of sp³-hybridized carbons (Fsp3) is 0.409. The van der Waals surface area contributed by atoms with E-state index in [0.717, 1.165) is 22.6 Å². The smallest absolute Gasteiger partial charge is 0.234 e. The van der Waals surface area contributed by atoms with Gasteiger partial charge in [0.1, 0.15) is 13.2 Å². The van der Waals surface area contributed by atoms with Crippen LogP contribution < -0.4 is 14.8 Å². The first-order chi connectivity index (χ1) is 13.4. The van der Waals surface area contributed by atoms with Crippen LogP contribution in [0.3, 0.4) is 0 Å². The van der Waals surface area contributed by atoms with Gasteiger partial charge >= 0.3 is 0 Å². The fourth-order valence-electron chi connectivity index (χ4n) is 3.31. The lowest BCUT2D eigenvalue weighted by Crippen LogP contribution is -2.38. The average molecular weight is 403 g/mol. The van der Waals surface area contributed by atoms with Crippen LogP contribution in [0.1, 0.15) is 31.0 Å². The summed E-state index contributed by atoms with van der Waals surface area (Å²) in [5, 5.41) is 3.88. The highest BCUT2D eigenvalue weighted by molar-refractivity contribution is 6.30. The Morgan fingerprint density at radius 3 is 2.46 bits per heavy atom. The third kappa shape index (κ3) is 5.40. The minimum absolute atomic E-state index is 0.00921. The van der Waals surface area contributed by atoms with Gasteiger partial charge in [0.25, 0.3) is 0 Å². The van der Waals surface area contributed by atoms with Gasteiger partial charge in [-0.25, -0.2) is 0 Å². The molecule has 0 radical (unpaired) electrons. The lowest BCUT2D eigenvalue weighted by molar-refractivity contribution is -0.123. The van der Waals surface area contributed by atoms with E-state index in [0.29, 0.717) is 31.3 Å². The Morgan fingerprint density at radius 2 is 1.79 bits per heavy atom. The summed E-state index contributed by atoms with van der Waals surface area (Å²) in [6.07, 6.45) is 0. The van der Waals surface area contributed by atoms with Crippen molar-refractivity contribution < 1.29 is 14.3 Å². The number of likely N-dealkylation sites (N-methyl/N-ethyl adjacent to an activating group) is 1. The van der Waals surface area contributed by atoms with Crippen molar-refractivity contribution in [2.24, 2.45) is 5.92 Å². The summed E-state index contributed by atoms with van der Waals surface area (Å²) >= 11 is 5.93. The third-order valence-electron chi connectivity index (χ3n) is 4.69. The molecule has 0 aliphatic carbocycles. The summed E-state index contributed by atoms with van der Waals surface area (Å²) in [6.45, 7) is 6.30. The Balaban J connectivity index is 1.62. The molecule has 0 fully saturated rings. The molecule has 0 aromatic heterocycles. The first-order valence-electron chi connectivity index (χ1n) is 9.54. The normalized spacial score (nSPS) is 14.2. The molecule has 28 heavy (non-hydrogen) atoms. The molecular weight excluding hydrogens is 376 g/mol. The Morgan fingerprint density at radius 1 is 1.11 bits per heavy atom. The third-order valence-corrected chi connectivity index (χ3v) is 4.94. The first kappa shape index (κ1) is 20.5. The molecule has 1 atom stereocenters. The second kappa shape index (κ2) is 9.30. The van der Waals surface area contributed by atoms with Crippen LogP contribution in [0.15, 0.2) is 42.5 Å². The summed E-state index contributed by atoms with van der Waals surface area (Å²) in [7, 11) is 1.93. The molecule has 150 valence electrons. The van der Waals surface area contributed by atoms with Crippen molar-refractivity contribution in [3.8, 4) is 11.5 Å². The summed E-state index contributed by atoms with van der Waals surface area (Å²) in [5.74, 6) is 1.73. The molecule has 2 aromatic carbocycles. The summed E-state index contributed by atoms with van der Waals surface area (Å²) in [6, 6.07) is 13.5. The quantitative estimate of drug-likeness (QED) is 0.758. The number of nitrogens with one attached hydrogen (secondary N) is 1. The molecule has 1 N–H and O–H groups in total. The number of fused-ring (bicyclic) bond motifs is 1. The molecule has 1 aliphatic heterocycles. The molecule has 0 saturated carbocycles. The van der Waals surface area contributed by atoms with Gasteiger partial charge in [0, 0.05) is 11.6 Å². The molecule has 3 rings (SSSR count). The van der Waals surface area contributed by atoms with Gasteiger partial charge in [-0.1, -0.05) is 43.6 Å². The molecular formula is C22H27ClN2O3. The van der Waals surface area contributed by atoms with Gasteiger partial charge in [-0.2, -0.15) is 0 Å². The number of carbonyl (C=O) groups is 1. The van der Waals surface area contributed by atoms with Crippen molar-refractivity contribution in [3.63, 3.8) is 0 Å². The Hall–Kier alpha value is -2.24. The van der Waals surface area contributed by atoms with E-state index in [1.54, 1.807) is 0 Å². The molecule has 1 amide bonds. The van der Waals surface area contributed by atoms with E-state index >= 15 is 0 Å². The van der Waals surface area contributed by atoms with E-state index in [1.807, 2.05) is 54.4 Å². The number of hydrogen-bond acceptors (Lipinski definition) is 4. The number of ether oxygens (including phenoxy) is 2. The molecule has 2 aromatic rings. The van der Waals surface area contributed by atoms with Gasteiger partial charge in [-0.05, 0) is 48.4 Å². The number of rotatable bonds is 7. The minimum Gasteiger partial charge on any atom is -0.486 e. The molecule has 0 unspecified atom stereocenters. The Kier molecular flexibility index (Phi) is 6.81. The molecule has 1 aliphatic rings. The van der Waals surface area contributed by atoms with Crippen LogP contribution in [-0.4, -0.2) is 37.6 Å². The van der Waals surface area contributed by atoms with Crippen molar-refractivity contribution >= 4 is 17.5 Å². The zero-order valence-electron chi connectivity index (χ0n) is 16.6. The van der Waals surface area contributed by atoms with Crippen molar-refractivity contribution in [3.05, 3.63) is 58.6 Å². The van der Waals surface area contributed by atoms with Gasteiger partial charge in [0.05, 0.1) is 12.6 Å². The lowest BCUT2D eigenvalue weighted by atomic mass is 9.95. The van der Waals surface area contributed by atoms with E-state index < -0.39 is 0 Å². The second-order valence-corrected chi connectivity index (χ2v) is 7.93. The van der Waals surface area contributed by atoms with Gasteiger partial charge in [-0.3, -0.25) is 9.69 Å². The van der Waals surface area contributed by atoms with E-state index in [4.69, 9.17) is 21.1 Å². The van der Waals surface area contributed by atoms with Crippen molar-refractivity contribution in [1.82, 2.24) is 10.2 Å². The highest BCUT2D eigenvalue weighted by Gasteiger charge is 2.22. The maximum atomic E-state index is 12.6. The number of amides is 1. The van der Waals surface area contributed by atoms with Crippen molar-refractivity contribution in [2.75, 3.05) is 26.8 Å². The van der Waals surface area contributed by atoms with E-state index in [-0.39, 0.29) is 17.9 Å². The standard InChI is InChI=1S/C22H27ClN2O3/c1-15(2)22(17-6-9-19-20(12-17)28-11-10-27-19)24-21(26)14-25(3)13-16-4-7-18(23)8-5-16/h4-9,12,15,22H,10-11,13-14H2,1-3H3,(H,24,26)/t22-/m0/s1. The predicted molar refractivity (Wildman–Crippen MR) is 111 cm³/mol. The van der Waals surface area contributed by atoms with Gasteiger partial charge in [-0.15, -0.1) is 0 Å². The number of nitrogens with zero attached hydrogens (tertiary/aromatic N) is 1. The largest absolute Gasteiger partial charge is 0.486 e. The summed E-state index contributed by atoms with van der Waals surface area (Å²) in [4.78, 5) is 14.6. The maximum Gasteiger partial charge on any atom is 0.234 e. The van der Waals surface area contributed by atoms with Gasteiger partial charge in [0.15, 0.2) is 11.5 Å². The van der Waals surface area contributed by atoms with Crippen LogP contribution in [0.5, 0.6) is 11.5 Å². The van der Waals surface area contributed by atoms with Crippen LogP contribution in [0.25, 0.3) is 0 Å².